The Hall–Kier alpha value is -2.50. The van der Waals surface area contributed by atoms with Gasteiger partial charge in [0, 0.05) is 35.9 Å². The lowest BCUT2D eigenvalue weighted by molar-refractivity contribution is -0.910. The second-order valence-corrected chi connectivity index (χ2v) is 8.40. The normalized spacial score (nSPS) is 18.9. The molecular formula is C23H26N3OS+. The molecule has 144 valence electrons. The molecule has 2 heterocycles. The number of aryl methyl sites for hydroxylation is 1. The molecule has 1 aliphatic rings. The fourth-order valence-corrected chi connectivity index (χ4v) is 4.91. The van der Waals surface area contributed by atoms with E-state index in [0.29, 0.717) is 12.6 Å². The first kappa shape index (κ1) is 18.8. The molecule has 1 aromatic heterocycles. The van der Waals surface area contributed by atoms with E-state index in [2.05, 4.69) is 53.5 Å². The van der Waals surface area contributed by atoms with E-state index < -0.39 is 0 Å². The molecule has 3 aromatic rings. The predicted octanol–water partition coefficient (Wildman–Crippen LogP) is 3.53. The van der Waals surface area contributed by atoms with Gasteiger partial charge < -0.3 is 14.8 Å². The number of quaternary nitrogens is 1. The minimum atomic E-state index is 0.0808. The quantitative estimate of drug-likeness (QED) is 0.674. The summed E-state index contributed by atoms with van der Waals surface area (Å²) in [7, 11) is 2.09. The number of para-hydroxylation sites is 1. The van der Waals surface area contributed by atoms with Gasteiger partial charge in [0.1, 0.15) is 6.04 Å². The number of nitrogens with zero attached hydrogens (tertiary/aromatic N) is 1. The molecule has 0 aliphatic carbocycles. The molecule has 28 heavy (non-hydrogen) atoms. The Morgan fingerprint density at radius 3 is 2.68 bits per heavy atom. The summed E-state index contributed by atoms with van der Waals surface area (Å²) in [5.41, 5.74) is 2.20. The van der Waals surface area contributed by atoms with E-state index in [4.69, 9.17) is 0 Å². The van der Waals surface area contributed by atoms with Crippen molar-refractivity contribution < 1.29 is 9.69 Å². The zero-order valence-corrected chi connectivity index (χ0v) is 16.9. The molecular weight excluding hydrogens is 366 g/mol. The van der Waals surface area contributed by atoms with Crippen molar-refractivity contribution in [2.24, 2.45) is 7.05 Å². The average molecular weight is 393 g/mol. The van der Waals surface area contributed by atoms with Crippen LogP contribution in [-0.2, 0) is 11.8 Å². The summed E-state index contributed by atoms with van der Waals surface area (Å²) in [5.74, 6) is 0.0808. The molecule has 2 atom stereocenters. The minimum Gasteiger partial charge on any atom is -0.350 e. The van der Waals surface area contributed by atoms with Crippen molar-refractivity contribution in [2.45, 2.75) is 28.7 Å². The molecule has 1 amide bonds. The molecule has 1 unspecified atom stereocenters. The molecule has 0 bridgehead atoms. The Balaban J connectivity index is 1.43. The summed E-state index contributed by atoms with van der Waals surface area (Å²) in [6.45, 7) is 1.55. The molecule has 1 fully saturated rings. The van der Waals surface area contributed by atoms with E-state index in [1.165, 1.54) is 17.0 Å². The van der Waals surface area contributed by atoms with Crippen LogP contribution in [-0.4, -0.2) is 23.6 Å². The van der Waals surface area contributed by atoms with E-state index in [1.54, 1.807) is 11.8 Å². The first-order chi connectivity index (χ1) is 13.7. The monoisotopic (exact) mass is 392 g/mol. The number of amides is 1. The van der Waals surface area contributed by atoms with E-state index in [1.807, 2.05) is 36.4 Å². The van der Waals surface area contributed by atoms with Gasteiger partial charge in [-0.3, -0.25) is 4.79 Å². The lowest BCUT2D eigenvalue weighted by atomic mass is 10.1. The molecule has 1 saturated heterocycles. The van der Waals surface area contributed by atoms with Crippen LogP contribution in [0.2, 0.25) is 0 Å². The van der Waals surface area contributed by atoms with Crippen LogP contribution in [0, 0.1) is 0 Å². The van der Waals surface area contributed by atoms with Crippen LogP contribution in [0.4, 0.5) is 5.69 Å². The zero-order valence-electron chi connectivity index (χ0n) is 16.1. The van der Waals surface area contributed by atoms with Gasteiger partial charge in [0.2, 0.25) is 0 Å². The highest BCUT2D eigenvalue weighted by atomic mass is 32.2. The van der Waals surface area contributed by atoms with Crippen molar-refractivity contribution in [3.63, 3.8) is 0 Å². The Labute approximate surface area is 170 Å². The number of rotatable bonds is 6. The van der Waals surface area contributed by atoms with Crippen molar-refractivity contribution >= 4 is 23.4 Å². The van der Waals surface area contributed by atoms with Crippen LogP contribution in [0.3, 0.4) is 0 Å². The third-order valence-electron chi connectivity index (χ3n) is 5.34. The van der Waals surface area contributed by atoms with Gasteiger partial charge in [0.05, 0.1) is 17.9 Å². The van der Waals surface area contributed by atoms with E-state index in [-0.39, 0.29) is 5.91 Å². The molecule has 5 heteroatoms. The predicted molar refractivity (Wildman–Crippen MR) is 114 cm³/mol. The van der Waals surface area contributed by atoms with Gasteiger partial charge in [0.15, 0.2) is 6.54 Å². The highest BCUT2D eigenvalue weighted by molar-refractivity contribution is 7.99. The number of hydrogen-bond donors (Lipinski definition) is 2. The van der Waals surface area contributed by atoms with Gasteiger partial charge in [0.25, 0.3) is 5.91 Å². The van der Waals surface area contributed by atoms with Crippen molar-refractivity contribution in [2.75, 3.05) is 18.4 Å². The lowest BCUT2D eigenvalue weighted by Gasteiger charge is -2.22. The van der Waals surface area contributed by atoms with Crippen molar-refractivity contribution in [1.82, 2.24) is 4.57 Å². The smallest absolute Gasteiger partial charge is 0.279 e. The Morgan fingerprint density at radius 2 is 1.89 bits per heavy atom. The summed E-state index contributed by atoms with van der Waals surface area (Å²) in [6, 6.07) is 22.9. The van der Waals surface area contributed by atoms with E-state index >= 15 is 0 Å². The van der Waals surface area contributed by atoms with Crippen LogP contribution >= 0.6 is 11.8 Å². The van der Waals surface area contributed by atoms with Crippen molar-refractivity contribution in [1.29, 1.82) is 0 Å². The number of nitrogens with one attached hydrogen (secondary N) is 2. The maximum absolute atomic E-state index is 12.8. The Morgan fingerprint density at radius 1 is 1.11 bits per heavy atom. The van der Waals surface area contributed by atoms with E-state index in [0.717, 1.165) is 28.4 Å². The molecule has 0 saturated carbocycles. The summed E-state index contributed by atoms with van der Waals surface area (Å²) in [6.07, 6.45) is 4.39. The third kappa shape index (κ3) is 4.32. The molecule has 2 aromatic carbocycles. The molecule has 4 rings (SSSR count). The van der Waals surface area contributed by atoms with Crippen molar-refractivity contribution in [3.8, 4) is 0 Å². The molecule has 0 spiro atoms. The largest absolute Gasteiger partial charge is 0.350 e. The first-order valence-electron chi connectivity index (χ1n) is 9.78. The summed E-state index contributed by atoms with van der Waals surface area (Å²) >= 11 is 1.67. The van der Waals surface area contributed by atoms with Gasteiger partial charge in [-0.1, -0.05) is 42.1 Å². The van der Waals surface area contributed by atoms with Crippen LogP contribution in [0.1, 0.15) is 24.6 Å². The van der Waals surface area contributed by atoms with Gasteiger partial charge in [-0.15, -0.1) is 0 Å². The second kappa shape index (κ2) is 8.67. The Kier molecular flexibility index (Phi) is 5.84. The maximum Gasteiger partial charge on any atom is 0.279 e. The number of likely N-dealkylation sites (tertiary alicyclic amines) is 1. The topological polar surface area (TPSA) is 38.5 Å². The second-order valence-electron chi connectivity index (χ2n) is 7.28. The van der Waals surface area contributed by atoms with Crippen LogP contribution < -0.4 is 10.2 Å². The number of carbonyl (C=O) groups is 1. The number of aromatic nitrogens is 1. The van der Waals surface area contributed by atoms with Crippen LogP contribution in [0.15, 0.2) is 82.7 Å². The third-order valence-corrected chi connectivity index (χ3v) is 6.43. The number of carbonyl (C=O) groups excluding carboxylic acids is 1. The SMILES string of the molecule is Cn1cccc1[C@H]1CCC[NH+]1CC(=O)Nc1ccccc1Sc1ccccc1. The fourth-order valence-electron chi connectivity index (χ4n) is 3.99. The number of anilines is 1. The fraction of sp³-hybridized carbons (Fsp3) is 0.261. The first-order valence-corrected chi connectivity index (χ1v) is 10.6. The van der Waals surface area contributed by atoms with Crippen molar-refractivity contribution in [3.05, 3.63) is 78.6 Å². The standard InChI is InChI=1S/C23H25N3OS/c1-25-15-7-12-20(25)21-13-8-16-26(21)17-23(27)24-19-11-5-6-14-22(19)28-18-9-3-2-4-10-18/h2-7,9-12,14-15,21H,8,13,16-17H2,1H3,(H,24,27)/p+1/t21-/m1/s1. The molecule has 2 N–H and O–H groups in total. The highest BCUT2D eigenvalue weighted by Gasteiger charge is 2.33. The molecule has 0 radical (unpaired) electrons. The van der Waals surface area contributed by atoms with Gasteiger partial charge in [-0.05, 0) is 36.4 Å². The van der Waals surface area contributed by atoms with Crippen LogP contribution in [0.25, 0.3) is 0 Å². The summed E-state index contributed by atoms with van der Waals surface area (Å²) in [4.78, 5) is 16.4. The van der Waals surface area contributed by atoms with Gasteiger partial charge >= 0.3 is 0 Å². The summed E-state index contributed by atoms with van der Waals surface area (Å²) in [5, 5.41) is 3.15. The number of hydrogen-bond acceptors (Lipinski definition) is 2. The average Bonchev–Trinajstić information content (AvgIpc) is 3.32. The summed E-state index contributed by atoms with van der Waals surface area (Å²) < 4.78 is 2.18. The highest BCUT2D eigenvalue weighted by Crippen LogP contribution is 2.33. The molecule has 4 nitrogen and oxygen atoms in total. The van der Waals surface area contributed by atoms with Gasteiger partial charge in [-0.25, -0.2) is 0 Å². The van der Waals surface area contributed by atoms with E-state index in [9.17, 15) is 4.79 Å². The minimum absolute atomic E-state index is 0.0808. The maximum atomic E-state index is 12.8. The molecule has 1 aliphatic heterocycles. The number of benzene rings is 2. The zero-order chi connectivity index (χ0) is 19.3. The lowest BCUT2D eigenvalue weighted by Crippen LogP contribution is -3.11. The van der Waals surface area contributed by atoms with Crippen LogP contribution in [0.5, 0.6) is 0 Å². The van der Waals surface area contributed by atoms with Gasteiger partial charge in [-0.2, -0.15) is 0 Å². The Bertz CT molecular complexity index is 938.